The molecular formula is C19H33IN4O2. The van der Waals surface area contributed by atoms with E-state index in [4.69, 9.17) is 4.74 Å². The summed E-state index contributed by atoms with van der Waals surface area (Å²) in [6.07, 6.45) is 0.812. The van der Waals surface area contributed by atoms with Gasteiger partial charge in [-0.3, -0.25) is 9.79 Å². The summed E-state index contributed by atoms with van der Waals surface area (Å²) in [5.41, 5.74) is 1.54. The second-order valence-corrected chi connectivity index (χ2v) is 6.74. The molecule has 0 heterocycles. The van der Waals surface area contributed by atoms with Gasteiger partial charge in [-0.1, -0.05) is 12.1 Å². The van der Waals surface area contributed by atoms with Crippen LogP contribution in [-0.4, -0.2) is 63.2 Å². The number of aliphatic imine (C=N–C) groups is 1. The van der Waals surface area contributed by atoms with Crippen molar-refractivity contribution in [1.29, 1.82) is 0 Å². The molecule has 1 aromatic carbocycles. The van der Waals surface area contributed by atoms with E-state index in [9.17, 15) is 4.79 Å². The van der Waals surface area contributed by atoms with E-state index in [0.29, 0.717) is 12.1 Å². The number of hydrogen-bond donors (Lipinski definition) is 2. The Labute approximate surface area is 174 Å². The first-order chi connectivity index (χ1) is 11.8. The summed E-state index contributed by atoms with van der Waals surface area (Å²) in [5, 5.41) is 6.56. The van der Waals surface area contributed by atoms with Crippen molar-refractivity contribution in [2.24, 2.45) is 4.99 Å². The van der Waals surface area contributed by atoms with Crippen molar-refractivity contribution in [1.82, 2.24) is 15.5 Å². The van der Waals surface area contributed by atoms with E-state index in [2.05, 4.69) is 15.6 Å². The maximum absolute atomic E-state index is 12.0. The summed E-state index contributed by atoms with van der Waals surface area (Å²) in [6, 6.07) is 7.75. The average molecular weight is 476 g/mol. The molecule has 0 fully saturated rings. The van der Waals surface area contributed by atoms with Gasteiger partial charge in [-0.15, -0.1) is 24.0 Å². The fourth-order valence-corrected chi connectivity index (χ4v) is 2.12. The van der Waals surface area contributed by atoms with Gasteiger partial charge in [0.2, 0.25) is 0 Å². The lowest BCUT2D eigenvalue weighted by Crippen LogP contribution is -2.40. The van der Waals surface area contributed by atoms with E-state index in [-0.39, 0.29) is 35.5 Å². The number of halogens is 1. The van der Waals surface area contributed by atoms with Crippen LogP contribution in [0.3, 0.4) is 0 Å². The predicted octanol–water partition coefficient (Wildman–Crippen LogP) is 2.53. The molecule has 0 bridgehead atoms. The highest BCUT2D eigenvalue weighted by Gasteiger charge is 2.15. The molecule has 6 nitrogen and oxygen atoms in total. The maximum atomic E-state index is 12.0. The van der Waals surface area contributed by atoms with E-state index in [1.807, 2.05) is 45.0 Å². The zero-order valence-electron chi connectivity index (χ0n) is 16.8. The number of amides is 1. The molecule has 7 heteroatoms. The van der Waals surface area contributed by atoms with Gasteiger partial charge in [0.05, 0.1) is 12.1 Å². The Morgan fingerprint density at radius 3 is 2.54 bits per heavy atom. The molecule has 0 saturated carbocycles. The van der Waals surface area contributed by atoms with Crippen LogP contribution in [0.25, 0.3) is 0 Å². The highest BCUT2D eigenvalue weighted by atomic mass is 127. The van der Waals surface area contributed by atoms with Crippen molar-refractivity contribution in [3.63, 3.8) is 0 Å². The van der Waals surface area contributed by atoms with E-state index in [1.54, 1.807) is 26.1 Å². The smallest absolute Gasteiger partial charge is 0.253 e. The molecule has 0 spiro atoms. The lowest BCUT2D eigenvalue weighted by atomic mass is 10.1. The van der Waals surface area contributed by atoms with Crippen LogP contribution in [-0.2, 0) is 11.2 Å². The van der Waals surface area contributed by atoms with Gasteiger partial charge in [0.15, 0.2) is 5.96 Å². The van der Waals surface area contributed by atoms with Crippen LogP contribution in [0, 0.1) is 0 Å². The predicted molar refractivity (Wildman–Crippen MR) is 119 cm³/mol. The molecule has 148 valence electrons. The topological polar surface area (TPSA) is 66.0 Å². The van der Waals surface area contributed by atoms with Crippen molar-refractivity contribution < 1.29 is 9.53 Å². The summed E-state index contributed by atoms with van der Waals surface area (Å²) in [4.78, 5) is 18.2. The highest BCUT2D eigenvalue weighted by Crippen LogP contribution is 2.08. The summed E-state index contributed by atoms with van der Waals surface area (Å²) in [7, 11) is 5.21. The molecular weight excluding hydrogens is 443 g/mol. The van der Waals surface area contributed by atoms with E-state index in [0.717, 1.165) is 31.0 Å². The lowest BCUT2D eigenvalue weighted by molar-refractivity contribution is 0.0310. The first-order valence-electron chi connectivity index (χ1n) is 8.67. The summed E-state index contributed by atoms with van der Waals surface area (Å²) < 4.78 is 5.40. The number of rotatable bonds is 8. The standard InChI is InChI=1S/C19H32N4O2.HI/c1-7-20-18(22-14-19(2,3)25-6)21-12-11-15-9-8-10-16(13-15)17(24)23(4)5;/h8-10,13H,7,11-12,14H2,1-6H3,(H2,20,21,22);1H. The zero-order chi connectivity index (χ0) is 18.9. The second kappa shape index (κ2) is 12.1. The third-order valence-electron chi connectivity index (χ3n) is 3.80. The fraction of sp³-hybridized carbons (Fsp3) is 0.579. The molecule has 2 N–H and O–H groups in total. The molecule has 1 aromatic rings. The van der Waals surface area contributed by atoms with Crippen LogP contribution in [0.15, 0.2) is 29.3 Å². The van der Waals surface area contributed by atoms with E-state index < -0.39 is 0 Å². The quantitative estimate of drug-likeness (QED) is 0.344. The number of carbonyl (C=O) groups excluding carboxylic acids is 1. The van der Waals surface area contributed by atoms with Gasteiger partial charge in [0.1, 0.15) is 0 Å². The van der Waals surface area contributed by atoms with Crippen LogP contribution in [0.2, 0.25) is 0 Å². The third-order valence-corrected chi connectivity index (χ3v) is 3.80. The van der Waals surface area contributed by atoms with Gasteiger partial charge < -0.3 is 20.3 Å². The van der Waals surface area contributed by atoms with Crippen LogP contribution < -0.4 is 10.6 Å². The fourth-order valence-electron chi connectivity index (χ4n) is 2.12. The Morgan fingerprint density at radius 1 is 1.27 bits per heavy atom. The van der Waals surface area contributed by atoms with Crippen LogP contribution in [0.1, 0.15) is 36.7 Å². The number of guanidine groups is 1. The largest absolute Gasteiger partial charge is 0.377 e. The molecule has 0 aliphatic rings. The SMILES string of the molecule is CCNC(=NCC(C)(C)OC)NCCc1cccc(C(=O)N(C)C)c1.I. The minimum Gasteiger partial charge on any atom is -0.377 e. The Bertz CT molecular complexity index is 589. The summed E-state index contributed by atoms with van der Waals surface area (Å²) >= 11 is 0. The number of nitrogens with one attached hydrogen (secondary N) is 2. The average Bonchev–Trinajstić information content (AvgIpc) is 2.59. The molecule has 0 radical (unpaired) electrons. The van der Waals surface area contributed by atoms with Crippen LogP contribution in [0.4, 0.5) is 0 Å². The van der Waals surface area contributed by atoms with Crippen molar-refractivity contribution >= 4 is 35.8 Å². The number of ether oxygens (including phenoxy) is 1. The number of benzene rings is 1. The number of carbonyl (C=O) groups is 1. The molecule has 0 unspecified atom stereocenters. The third kappa shape index (κ3) is 8.84. The van der Waals surface area contributed by atoms with Crippen LogP contribution >= 0.6 is 24.0 Å². The number of hydrogen-bond acceptors (Lipinski definition) is 3. The van der Waals surface area contributed by atoms with Gasteiger partial charge >= 0.3 is 0 Å². The Balaban J connectivity index is 0.00000625. The Morgan fingerprint density at radius 2 is 1.96 bits per heavy atom. The molecule has 0 aliphatic heterocycles. The lowest BCUT2D eigenvalue weighted by Gasteiger charge is -2.21. The van der Waals surface area contributed by atoms with Crippen molar-refractivity contribution in [3.05, 3.63) is 35.4 Å². The molecule has 26 heavy (non-hydrogen) atoms. The maximum Gasteiger partial charge on any atom is 0.253 e. The molecule has 0 aromatic heterocycles. The summed E-state index contributed by atoms with van der Waals surface area (Å²) in [5.74, 6) is 0.791. The van der Waals surface area contributed by atoms with Gasteiger partial charge in [-0.05, 0) is 44.9 Å². The number of nitrogens with zero attached hydrogens (tertiary/aromatic N) is 2. The van der Waals surface area contributed by atoms with Crippen molar-refractivity contribution in [2.45, 2.75) is 32.8 Å². The molecule has 1 amide bonds. The first kappa shape index (κ1) is 24.7. The minimum absolute atomic E-state index is 0. The van der Waals surface area contributed by atoms with E-state index >= 15 is 0 Å². The monoisotopic (exact) mass is 476 g/mol. The van der Waals surface area contributed by atoms with Gasteiger partial charge in [-0.25, -0.2) is 0 Å². The minimum atomic E-state index is -0.288. The van der Waals surface area contributed by atoms with Gasteiger partial charge in [0, 0.05) is 39.9 Å². The first-order valence-corrected chi connectivity index (χ1v) is 8.67. The van der Waals surface area contributed by atoms with Crippen molar-refractivity contribution in [2.75, 3.05) is 40.8 Å². The van der Waals surface area contributed by atoms with E-state index in [1.165, 1.54) is 0 Å². The van der Waals surface area contributed by atoms with Gasteiger partial charge in [0.25, 0.3) is 5.91 Å². The van der Waals surface area contributed by atoms with Crippen molar-refractivity contribution in [3.8, 4) is 0 Å². The highest BCUT2D eigenvalue weighted by molar-refractivity contribution is 14.0. The van der Waals surface area contributed by atoms with Gasteiger partial charge in [-0.2, -0.15) is 0 Å². The van der Waals surface area contributed by atoms with Crippen LogP contribution in [0.5, 0.6) is 0 Å². The zero-order valence-corrected chi connectivity index (χ0v) is 19.1. The normalized spacial score (nSPS) is 11.5. The Kier molecular flexibility index (Phi) is 11.5. The number of methoxy groups -OCH3 is 1. The Hall–Kier alpha value is -1.35. The molecule has 0 aliphatic carbocycles. The molecule has 0 atom stereocenters. The molecule has 0 saturated heterocycles. The summed E-state index contributed by atoms with van der Waals surface area (Å²) in [6.45, 7) is 8.16. The molecule has 1 rings (SSSR count). The second-order valence-electron chi connectivity index (χ2n) is 6.74.